The largest absolute Gasteiger partial charge is 0.298 e. The van der Waals surface area contributed by atoms with Crippen molar-refractivity contribution < 1.29 is 0 Å². The molecule has 1 aromatic carbocycles. The Bertz CT molecular complexity index is 520. The zero-order valence-electron chi connectivity index (χ0n) is 14.7. The molecule has 23 heavy (non-hydrogen) atoms. The minimum Gasteiger partial charge on any atom is -0.298 e. The Morgan fingerprint density at radius 1 is 0.913 bits per heavy atom. The summed E-state index contributed by atoms with van der Waals surface area (Å²) in [6, 6.07) is 10.7. The number of aryl methyl sites for hydroxylation is 1. The fourth-order valence-corrected chi connectivity index (χ4v) is 5.44. The van der Waals surface area contributed by atoms with E-state index in [-0.39, 0.29) is 0 Å². The van der Waals surface area contributed by atoms with Crippen molar-refractivity contribution in [2.24, 2.45) is 5.92 Å². The Morgan fingerprint density at radius 3 is 2.57 bits per heavy atom. The van der Waals surface area contributed by atoms with Gasteiger partial charge in [-0.2, -0.15) is 0 Å². The van der Waals surface area contributed by atoms with Gasteiger partial charge in [0.15, 0.2) is 0 Å². The molecule has 1 aromatic rings. The van der Waals surface area contributed by atoms with Gasteiger partial charge in [0.05, 0.1) is 0 Å². The molecule has 2 nitrogen and oxygen atoms in total. The molecule has 0 aromatic heterocycles. The van der Waals surface area contributed by atoms with E-state index in [1.165, 1.54) is 70.1 Å². The highest BCUT2D eigenvalue weighted by atomic mass is 15.3. The van der Waals surface area contributed by atoms with Gasteiger partial charge in [0.25, 0.3) is 0 Å². The molecule has 2 heterocycles. The van der Waals surface area contributed by atoms with E-state index < -0.39 is 0 Å². The van der Waals surface area contributed by atoms with E-state index in [9.17, 15) is 0 Å². The molecule has 0 amide bonds. The minimum absolute atomic E-state index is 0.811. The molecule has 0 radical (unpaired) electrons. The quantitative estimate of drug-likeness (QED) is 0.824. The number of benzene rings is 1. The van der Waals surface area contributed by atoms with E-state index in [4.69, 9.17) is 0 Å². The molecule has 0 N–H and O–H groups in total. The molecular formula is C21H32N2. The second-order valence-corrected chi connectivity index (χ2v) is 8.03. The van der Waals surface area contributed by atoms with E-state index in [1.54, 1.807) is 5.56 Å². The third-order valence-electron chi connectivity index (χ3n) is 6.67. The van der Waals surface area contributed by atoms with E-state index in [2.05, 4.69) is 41.0 Å². The first-order valence-electron chi connectivity index (χ1n) is 9.85. The van der Waals surface area contributed by atoms with Crippen molar-refractivity contribution in [3.05, 3.63) is 35.4 Å². The van der Waals surface area contributed by atoms with Crippen LogP contribution in [0.15, 0.2) is 24.3 Å². The number of rotatable bonds is 3. The number of fused-ring (bicyclic) bond motifs is 1. The lowest BCUT2D eigenvalue weighted by molar-refractivity contribution is -0.00389. The van der Waals surface area contributed by atoms with E-state index in [0.29, 0.717) is 0 Å². The van der Waals surface area contributed by atoms with Gasteiger partial charge in [0, 0.05) is 31.7 Å². The first kappa shape index (κ1) is 15.7. The van der Waals surface area contributed by atoms with Gasteiger partial charge >= 0.3 is 0 Å². The van der Waals surface area contributed by atoms with E-state index >= 15 is 0 Å². The fraction of sp³-hybridized carbons (Fsp3) is 0.714. The lowest BCUT2D eigenvalue weighted by atomic mass is 9.78. The van der Waals surface area contributed by atoms with Crippen LogP contribution in [0.4, 0.5) is 0 Å². The van der Waals surface area contributed by atoms with Gasteiger partial charge in [-0.25, -0.2) is 0 Å². The summed E-state index contributed by atoms with van der Waals surface area (Å²) in [5, 5.41) is 0. The van der Waals surface area contributed by atoms with Crippen LogP contribution in [-0.4, -0.2) is 41.5 Å². The fourth-order valence-electron chi connectivity index (χ4n) is 5.44. The molecule has 2 atom stereocenters. The second-order valence-electron chi connectivity index (χ2n) is 8.03. The summed E-state index contributed by atoms with van der Waals surface area (Å²) in [6.07, 6.45) is 10.2. The zero-order chi connectivity index (χ0) is 15.6. The van der Waals surface area contributed by atoms with Crippen LogP contribution in [0.5, 0.6) is 0 Å². The molecule has 2 saturated heterocycles. The van der Waals surface area contributed by atoms with Crippen molar-refractivity contribution >= 4 is 0 Å². The average Bonchev–Trinajstić information content (AvgIpc) is 3.06. The maximum absolute atomic E-state index is 2.87. The van der Waals surface area contributed by atoms with Gasteiger partial charge in [-0.3, -0.25) is 9.80 Å². The maximum Gasteiger partial charge on any atom is 0.0283 e. The Morgan fingerprint density at radius 2 is 1.74 bits per heavy atom. The molecule has 2 heteroatoms. The number of hydrogen-bond acceptors (Lipinski definition) is 2. The molecule has 1 saturated carbocycles. The zero-order valence-corrected chi connectivity index (χ0v) is 14.7. The van der Waals surface area contributed by atoms with E-state index in [1.807, 2.05) is 0 Å². The third-order valence-corrected chi connectivity index (χ3v) is 6.67. The summed E-state index contributed by atoms with van der Waals surface area (Å²) in [4.78, 5) is 5.68. The predicted molar refractivity (Wildman–Crippen MR) is 96.5 cm³/mol. The Hall–Kier alpha value is -0.860. The van der Waals surface area contributed by atoms with Crippen molar-refractivity contribution in [1.29, 1.82) is 0 Å². The van der Waals surface area contributed by atoms with Gasteiger partial charge < -0.3 is 0 Å². The summed E-state index contributed by atoms with van der Waals surface area (Å²) in [7, 11) is 0. The van der Waals surface area contributed by atoms with Crippen molar-refractivity contribution in [1.82, 2.24) is 9.80 Å². The molecule has 0 spiro atoms. The van der Waals surface area contributed by atoms with Gasteiger partial charge in [0.2, 0.25) is 0 Å². The van der Waals surface area contributed by atoms with Crippen LogP contribution in [0.1, 0.15) is 56.1 Å². The molecule has 4 rings (SSSR count). The summed E-state index contributed by atoms with van der Waals surface area (Å²) >= 11 is 0. The van der Waals surface area contributed by atoms with Crippen LogP contribution in [0.2, 0.25) is 0 Å². The first-order valence-corrected chi connectivity index (χ1v) is 9.85. The Kier molecular flexibility index (Phi) is 4.73. The van der Waals surface area contributed by atoms with Gasteiger partial charge in [-0.1, -0.05) is 43.5 Å². The normalized spacial score (nSPS) is 30.5. The predicted octanol–water partition coefficient (Wildman–Crippen LogP) is 4.22. The molecule has 1 aliphatic carbocycles. The lowest BCUT2D eigenvalue weighted by Crippen LogP contribution is -2.59. The van der Waals surface area contributed by atoms with Gasteiger partial charge in [-0.15, -0.1) is 0 Å². The molecule has 0 bridgehead atoms. The standard InChI is InChI=1S/C21H32N2/c1-17-8-5-6-11-19(17)16-23-15-14-22-13-7-12-20(22)21(23)18-9-3-2-4-10-18/h5-6,8,11,18,20-21H,2-4,7,9-10,12-16H2,1H3/t20-,21-/m1/s1. The molecular weight excluding hydrogens is 280 g/mol. The van der Waals surface area contributed by atoms with Crippen molar-refractivity contribution in [2.75, 3.05) is 19.6 Å². The average molecular weight is 313 g/mol. The molecule has 126 valence electrons. The molecule has 3 aliphatic rings. The van der Waals surface area contributed by atoms with Crippen LogP contribution in [0.3, 0.4) is 0 Å². The van der Waals surface area contributed by atoms with Crippen LogP contribution in [0.25, 0.3) is 0 Å². The van der Waals surface area contributed by atoms with Gasteiger partial charge in [-0.05, 0) is 56.2 Å². The smallest absolute Gasteiger partial charge is 0.0283 e. The highest BCUT2D eigenvalue weighted by molar-refractivity contribution is 5.25. The maximum atomic E-state index is 2.87. The summed E-state index contributed by atoms with van der Waals surface area (Å²) in [6.45, 7) is 7.35. The molecule has 2 aliphatic heterocycles. The summed E-state index contributed by atoms with van der Waals surface area (Å²) in [5.41, 5.74) is 3.00. The summed E-state index contributed by atoms with van der Waals surface area (Å²) < 4.78 is 0. The van der Waals surface area contributed by atoms with E-state index in [0.717, 1.165) is 24.5 Å². The van der Waals surface area contributed by atoms with Crippen LogP contribution < -0.4 is 0 Å². The van der Waals surface area contributed by atoms with Crippen molar-refractivity contribution in [3.63, 3.8) is 0 Å². The number of hydrogen-bond donors (Lipinski definition) is 0. The Labute approximate surface area is 141 Å². The third kappa shape index (κ3) is 3.21. The van der Waals surface area contributed by atoms with Crippen molar-refractivity contribution in [2.45, 2.75) is 70.5 Å². The summed E-state index contributed by atoms with van der Waals surface area (Å²) in [5.74, 6) is 0.943. The van der Waals surface area contributed by atoms with Gasteiger partial charge in [0.1, 0.15) is 0 Å². The first-order chi connectivity index (χ1) is 11.3. The highest BCUT2D eigenvalue weighted by Crippen LogP contribution is 2.38. The van der Waals surface area contributed by atoms with Crippen LogP contribution >= 0.6 is 0 Å². The van der Waals surface area contributed by atoms with Crippen LogP contribution in [0, 0.1) is 12.8 Å². The topological polar surface area (TPSA) is 6.48 Å². The monoisotopic (exact) mass is 312 g/mol. The second kappa shape index (κ2) is 6.94. The minimum atomic E-state index is 0.811. The molecule has 0 unspecified atom stereocenters. The lowest BCUT2D eigenvalue weighted by Gasteiger charge is -2.49. The van der Waals surface area contributed by atoms with Crippen molar-refractivity contribution in [3.8, 4) is 0 Å². The number of nitrogens with zero attached hydrogens (tertiary/aromatic N) is 2. The Balaban J connectivity index is 1.56. The number of piperazine rings is 1. The van der Waals surface area contributed by atoms with Crippen LogP contribution in [-0.2, 0) is 6.54 Å². The highest BCUT2D eigenvalue weighted by Gasteiger charge is 2.42. The SMILES string of the molecule is Cc1ccccc1CN1CCN2CCC[C@@H]2[C@H]1C1CCCCC1. The molecule has 3 fully saturated rings.